The van der Waals surface area contributed by atoms with E-state index in [-0.39, 0.29) is 42.0 Å². The number of hydrogen-bond acceptors (Lipinski definition) is 6. The minimum absolute atomic E-state index is 0.00981. The summed E-state index contributed by atoms with van der Waals surface area (Å²) in [5.74, 6) is -0.0676. The summed E-state index contributed by atoms with van der Waals surface area (Å²) >= 11 is 1.63. The Bertz CT molecular complexity index is 1230. The molecule has 1 saturated heterocycles. The summed E-state index contributed by atoms with van der Waals surface area (Å²) in [6.07, 6.45) is 0. The van der Waals surface area contributed by atoms with Crippen LogP contribution < -0.4 is 5.32 Å². The summed E-state index contributed by atoms with van der Waals surface area (Å²) in [6.45, 7) is 1.16. The van der Waals surface area contributed by atoms with Gasteiger partial charge in [0.15, 0.2) is 0 Å². The smallest absolute Gasteiger partial charge is 0.244 e. The van der Waals surface area contributed by atoms with Crippen LogP contribution >= 0.6 is 11.3 Å². The first-order chi connectivity index (χ1) is 16.0. The van der Waals surface area contributed by atoms with Crippen LogP contribution in [0.4, 0.5) is 0 Å². The third kappa shape index (κ3) is 5.15. The minimum atomic E-state index is -3.79. The van der Waals surface area contributed by atoms with E-state index < -0.39 is 10.0 Å². The minimum Gasteiger partial charge on any atom is -0.339 e. The van der Waals surface area contributed by atoms with Crippen molar-refractivity contribution in [1.29, 1.82) is 5.26 Å². The van der Waals surface area contributed by atoms with Gasteiger partial charge in [-0.05, 0) is 29.1 Å². The number of hydrogen-bond donors (Lipinski definition) is 1. The topological polar surface area (TPSA) is 93.5 Å². The number of nitrogens with one attached hydrogen (secondary N) is 1. The Kier molecular flexibility index (Phi) is 7.20. The van der Waals surface area contributed by atoms with E-state index in [9.17, 15) is 18.5 Å². The Labute approximate surface area is 197 Å². The highest BCUT2D eigenvalue weighted by molar-refractivity contribution is 7.89. The number of thiophene rings is 1. The fraction of sp³-hybridized carbons (Fsp3) is 0.250. The molecule has 0 aliphatic carbocycles. The van der Waals surface area contributed by atoms with E-state index in [2.05, 4.69) is 5.32 Å². The maximum atomic E-state index is 13.0. The molecule has 1 aromatic heterocycles. The molecule has 170 valence electrons. The summed E-state index contributed by atoms with van der Waals surface area (Å²) in [6, 6.07) is 22.1. The molecule has 2 aromatic carbocycles. The molecule has 1 amide bonds. The number of carbonyl (C=O) groups is 1. The van der Waals surface area contributed by atoms with Gasteiger partial charge in [-0.15, -0.1) is 11.3 Å². The number of amides is 1. The molecule has 3 aromatic rings. The van der Waals surface area contributed by atoms with Crippen molar-refractivity contribution < 1.29 is 13.2 Å². The van der Waals surface area contributed by atoms with Crippen LogP contribution in [0.1, 0.15) is 22.0 Å². The van der Waals surface area contributed by atoms with Gasteiger partial charge in [0.2, 0.25) is 15.9 Å². The van der Waals surface area contributed by atoms with Crippen LogP contribution in [0, 0.1) is 11.3 Å². The first-order valence-corrected chi connectivity index (χ1v) is 12.9. The van der Waals surface area contributed by atoms with Gasteiger partial charge in [-0.1, -0.05) is 48.5 Å². The number of piperazine rings is 1. The van der Waals surface area contributed by atoms with E-state index in [4.69, 9.17) is 0 Å². The number of nitrogens with zero attached hydrogens (tertiary/aromatic N) is 3. The lowest BCUT2D eigenvalue weighted by Gasteiger charge is -2.34. The third-order valence-corrected chi connectivity index (χ3v) is 8.53. The number of carbonyl (C=O) groups excluding carboxylic acids is 1. The molecule has 33 heavy (non-hydrogen) atoms. The zero-order valence-corrected chi connectivity index (χ0v) is 19.6. The van der Waals surface area contributed by atoms with Crippen molar-refractivity contribution >= 4 is 27.3 Å². The van der Waals surface area contributed by atoms with E-state index >= 15 is 0 Å². The monoisotopic (exact) mass is 480 g/mol. The van der Waals surface area contributed by atoms with Crippen molar-refractivity contribution in [3.05, 3.63) is 88.1 Å². The third-order valence-electron chi connectivity index (χ3n) is 5.63. The van der Waals surface area contributed by atoms with E-state index in [1.54, 1.807) is 28.4 Å². The second-order valence-electron chi connectivity index (χ2n) is 7.63. The largest absolute Gasteiger partial charge is 0.339 e. The second kappa shape index (κ2) is 10.3. The van der Waals surface area contributed by atoms with Crippen LogP contribution in [0.25, 0.3) is 0 Å². The van der Waals surface area contributed by atoms with E-state index in [1.165, 1.54) is 16.4 Å². The van der Waals surface area contributed by atoms with Gasteiger partial charge in [0.1, 0.15) is 6.07 Å². The number of benzene rings is 2. The maximum Gasteiger partial charge on any atom is 0.244 e. The van der Waals surface area contributed by atoms with Crippen molar-refractivity contribution in [2.75, 3.05) is 32.7 Å². The molecule has 9 heteroatoms. The average molecular weight is 481 g/mol. The SMILES string of the molecule is N#Cc1ccccc1S(=O)(=O)N1CCN(C(=O)CN[C@H](c2ccccc2)c2cccs2)CC1. The summed E-state index contributed by atoms with van der Waals surface area (Å²) in [7, 11) is -3.79. The maximum absolute atomic E-state index is 13.0. The predicted octanol–water partition coefficient (Wildman–Crippen LogP) is 2.83. The Morgan fingerprint density at radius 1 is 1.00 bits per heavy atom. The zero-order valence-electron chi connectivity index (χ0n) is 17.9. The lowest BCUT2D eigenvalue weighted by molar-refractivity contribution is -0.131. The molecule has 4 rings (SSSR count). The fourth-order valence-corrected chi connectivity index (χ4v) is 6.28. The highest BCUT2D eigenvalue weighted by Crippen LogP contribution is 2.26. The molecule has 0 spiro atoms. The predicted molar refractivity (Wildman–Crippen MR) is 127 cm³/mol. The second-order valence-corrected chi connectivity index (χ2v) is 10.5. The van der Waals surface area contributed by atoms with E-state index in [1.807, 2.05) is 53.9 Å². The van der Waals surface area contributed by atoms with Gasteiger partial charge in [-0.2, -0.15) is 9.57 Å². The highest BCUT2D eigenvalue weighted by Gasteiger charge is 2.31. The molecule has 2 heterocycles. The molecule has 1 atom stereocenters. The molecule has 0 unspecified atom stereocenters. The van der Waals surface area contributed by atoms with Crippen LogP contribution in [0.5, 0.6) is 0 Å². The van der Waals surface area contributed by atoms with Crippen LogP contribution in [-0.4, -0.2) is 56.3 Å². The summed E-state index contributed by atoms with van der Waals surface area (Å²) in [5, 5.41) is 14.6. The molecular weight excluding hydrogens is 456 g/mol. The van der Waals surface area contributed by atoms with Gasteiger partial charge in [0.25, 0.3) is 0 Å². The number of sulfonamides is 1. The Morgan fingerprint density at radius 2 is 1.70 bits per heavy atom. The lowest BCUT2D eigenvalue weighted by atomic mass is 10.1. The summed E-state index contributed by atoms with van der Waals surface area (Å²) < 4.78 is 27.4. The van der Waals surface area contributed by atoms with Crippen molar-refractivity contribution in [3.8, 4) is 6.07 Å². The van der Waals surface area contributed by atoms with Gasteiger partial charge in [-0.3, -0.25) is 10.1 Å². The summed E-state index contributed by atoms with van der Waals surface area (Å²) in [4.78, 5) is 15.7. The average Bonchev–Trinajstić information content (AvgIpc) is 3.39. The normalized spacial score (nSPS) is 15.7. The molecule has 1 fully saturated rings. The zero-order chi connectivity index (χ0) is 23.3. The van der Waals surface area contributed by atoms with Gasteiger partial charge in [0, 0.05) is 31.1 Å². The molecule has 1 N–H and O–H groups in total. The highest BCUT2D eigenvalue weighted by atomic mass is 32.2. The van der Waals surface area contributed by atoms with Gasteiger partial charge < -0.3 is 4.90 Å². The van der Waals surface area contributed by atoms with Crippen LogP contribution in [0.15, 0.2) is 77.0 Å². The van der Waals surface area contributed by atoms with Gasteiger partial charge in [0.05, 0.1) is 23.0 Å². The Balaban J connectivity index is 1.38. The van der Waals surface area contributed by atoms with Crippen LogP contribution in [-0.2, 0) is 14.8 Å². The quantitative estimate of drug-likeness (QED) is 0.561. The molecule has 1 aliphatic heterocycles. The molecule has 7 nitrogen and oxygen atoms in total. The molecule has 0 saturated carbocycles. The standard InChI is InChI=1S/C24H24N4O3S2/c25-17-20-9-4-5-11-22(20)33(30,31)28-14-12-27(13-15-28)23(29)18-26-24(21-10-6-16-32-21)19-7-2-1-3-8-19/h1-11,16,24,26H,12-15,18H2/t24-/m1/s1. The number of rotatable bonds is 7. The molecule has 0 bridgehead atoms. The molecular formula is C24H24N4O3S2. The first kappa shape index (κ1) is 23.1. The summed E-state index contributed by atoms with van der Waals surface area (Å²) in [5.41, 5.74) is 1.21. The van der Waals surface area contributed by atoms with Crippen LogP contribution in [0.3, 0.4) is 0 Å². The van der Waals surface area contributed by atoms with Gasteiger partial charge >= 0.3 is 0 Å². The molecule has 1 aliphatic rings. The van der Waals surface area contributed by atoms with Crippen molar-refractivity contribution in [1.82, 2.24) is 14.5 Å². The Hall–Kier alpha value is -3.03. The molecule has 0 radical (unpaired) electrons. The first-order valence-electron chi connectivity index (χ1n) is 10.6. The lowest BCUT2D eigenvalue weighted by Crippen LogP contribution is -2.52. The van der Waals surface area contributed by atoms with E-state index in [0.717, 1.165) is 10.4 Å². The van der Waals surface area contributed by atoms with Crippen LogP contribution in [0.2, 0.25) is 0 Å². The van der Waals surface area contributed by atoms with Crippen molar-refractivity contribution in [2.45, 2.75) is 10.9 Å². The number of nitriles is 1. The van der Waals surface area contributed by atoms with Gasteiger partial charge in [-0.25, -0.2) is 8.42 Å². The Morgan fingerprint density at radius 3 is 2.36 bits per heavy atom. The fourth-order valence-electron chi connectivity index (χ4n) is 3.89. The van der Waals surface area contributed by atoms with Crippen molar-refractivity contribution in [2.24, 2.45) is 0 Å². The van der Waals surface area contributed by atoms with E-state index in [0.29, 0.717) is 13.1 Å². The van der Waals surface area contributed by atoms with Crippen molar-refractivity contribution in [3.63, 3.8) is 0 Å².